The van der Waals surface area contributed by atoms with Crippen molar-refractivity contribution in [1.29, 1.82) is 0 Å². The van der Waals surface area contributed by atoms with E-state index in [1.54, 1.807) is 0 Å². The molecule has 3 aliphatic rings. The molecule has 0 aliphatic heterocycles. The second-order valence-corrected chi connectivity index (χ2v) is 4.71. The molecule has 2 bridgehead atoms. The highest BCUT2D eigenvalue weighted by Crippen LogP contribution is 2.60. The van der Waals surface area contributed by atoms with Gasteiger partial charge in [-0.05, 0) is 43.4 Å². The molecule has 1 heterocycles. The number of fused-ring (bicyclic) bond motifs is 1. The zero-order chi connectivity index (χ0) is 8.89. The van der Waals surface area contributed by atoms with Gasteiger partial charge < -0.3 is 10.3 Å². The van der Waals surface area contributed by atoms with Crippen molar-refractivity contribution in [2.45, 2.75) is 32.1 Å². The fourth-order valence-corrected chi connectivity index (χ4v) is 3.11. The number of rotatable bonds is 2. The molecule has 13 heavy (non-hydrogen) atoms. The van der Waals surface area contributed by atoms with E-state index >= 15 is 0 Å². The Kier molecular flexibility index (Phi) is 1.30. The van der Waals surface area contributed by atoms with Crippen molar-refractivity contribution in [3.63, 3.8) is 0 Å². The van der Waals surface area contributed by atoms with Crippen LogP contribution in [0.25, 0.3) is 0 Å². The van der Waals surface area contributed by atoms with E-state index in [0.29, 0.717) is 11.3 Å². The predicted octanol–water partition coefficient (Wildman–Crippen LogP) is 1.99. The summed E-state index contributed by atoms with van der Waals surface area (Å²) in [6.07, 6.45) is 6.68. The molecule has 3 fully saturated rings. The Morgan fingerprint density at radius 1 is 1.62 bits per heavy atom. The fraction of sp³-hybridized carbons (Fsp3) is 0.700. The van der Waals surface area contributed by atoms with Crippen molar-refractivity contribution >= 4 is 5.88 Å². The first-order valence-corrected chi connectivity index (χ1v) is 4.97. The molecule has 3 nitrogen and oxygen atoms in total. The SMILES string of the molecule is Nc1cc(CC23CCC(C2)C3)no1. The number of hydrogen-bond donors (Lipinski definition) is 1. The van der Waals surface area contributed by atoms with Gasteiger partial charge in [0.25, 0.3) is 0 Å². The van der Waals surface area contributed by atoms with Crippen molar-refractivity contribution in [2.75, 3.05) is 5.73 Å². The van der Waals surface area contributed by atoms with Crippen LogP contribution in [0.2, 0.25) is 0 Å². The highest BCUT2D eigenvalue weighted by atomic mass is 16.5. The van der Waals surface area contributed by atoms with Crippen LogP contribution >= 0.6 is 0 Å². The predicted molar refractivity (Wildman–Crippen MR) is 49.0 cm³/mol. The molecule has 70 valence electrons. The molecule has 0 atom stereocenters. The minimum absolute atomic E-state index is 0.445. The van der Waals surface area contributed by atoms with Crippen LogP contribution in [0.1, 0.15) is 31.4 Å². The van der Waals surface area contributed by atoms with Crippen molar-refractivity contribution in [2.24, 2.45) is 11.3 Å². The van der Waals surface area contributed by atoms with Crippen LogP contribution in [-0.4, -0.2) is 5.16 Å². The Balaban J connectivity index is 1.75. The van der Waals surface area contributed by atoms with Gasteiger partial charge in [0, 0.05) is 6.07 Å². The number of nitrogen functional groups attached to an aromatic ring is 1. The topological polar surface area (TPSA) is 52.0 Å². The zero-order valence-corrected chi connectivity index (χ0v) is 7.62. The summed E-state index contributed by atoms with van der Waals surface area (Å²) in [4.78, 5) is 0. The largest absolute Gasteiger partial charge is 0.368 e. The molecular weight excluding hydrogens is 164 g/mol. The van der Waals surface area contributed by atoms with Gasteiger partial charge in [-0.25, -0.2) is 0 Å². The molecule has 4 rings (SSSR count). The monoisotopic (exact) mass is 178 g/mol. The highest BCUT2D eigenvalue weighted by molar-refractivity contribution is 5.25. The van der Waals surface area contributed by atoms with Gasteiger partial charge in [0.15, 0.2) is 0 Å². The number of nitrogens with two attached hydrogens (primary N) is 1. The van der Waals surface area contributed by atoms with E-state index in [0.717, 1.165) is 18.0 Å². The lowest BCUT2D eigenvalue weighted by Gasteiger charge is -2.37. The lowest BCUT2D eigenvalue weighted by atomic mass is 9.67. The van der Waals surface area contributed by atoms with Gasteiger partial charge in [-0.15, -0.1) is 0 Å². The summed E-state index contributed by atoms with van der Waals surface area (Å²) in [5.41, 5.74) is 7.10. The lowest BCUT2D eigenvalue weighted by molar-refractivity contribution is 0.141. The molecule has 3 heteroatoms. The summed E-state index contributed by atoms with van der Waals surface area (Å²) in [6.45, 7) is 0. The van der Waals surface area contributed by atoms with Crippen molar-refractivity contribution in [1.82, 2.24) is 5.16 Å². The van der Waals surface area contributed by atoms with Crippen LogP contribution in [-0.2, 0) is 6.42 Å². The molecule has 0 radical (unpaired) electrons. The van der Waals surface area contributed by atoms with E-state index < -0.39 is 0 Å². The van der Waals surface area contributed by atoms with E-state index in [-0.39, 0.29) is 0 Å². The Morgan fingerprint density at radius 3 is 3.00 bits per heavy atom. The Morgan fingerprint density at radius 2 is 2.46 bits per heavy atom. The molecule has 0 spiro atoms. The highest BCUT2D eigenvalue weighted by Gasteiger charge is 2.50. The first-order valence-electron chi connectivity index (χ1n) is 4.97. The molecule has 0 amide bonds. The minimum Gasteiger partial charge on any atom is -0.368 e. The van der Waals surface area contributed by atoms with E-state index in [2.05, 4.69) is 5.16 Å². The van der Waals surface area contributed by atoms with E-state index in [1.165, 1.54) is 25.7 Å². The third kappa shape index (κ3) is 1.06. The summed E-state index contributed by atoms with van der Waals surface area (Å²) < 4.78 is 4.86. The molecule has 1 aromatic rings. The maximum absolute atomic E-state index is 5.48. The lowest BCUT2D eigenvalue weighted by Crippen LogP contribution is -2.29. The number of hydrogen-bond acceptors (Lipinski definition) is 3. The van der Waals surface area contributed by atoms with E-state index in [9.17, 15) is 0 Å². The smallest absolute Gasteiger partial charge is 0.222 e. The fourth-order valence-electron chi connectivity index (χ4n) is 3.11. The van der Waals surface area contributed by atoms with Crippen LogP contribution in [0.3, 0.4) is 0 Å². The zero-order valence-electron chi connectivity index (χ0n) is 7.62. The van der Waals surface area contributed by atoms with Gasteiger partial charge in [0.2, 0.25) is 5.88 Å². The average molecular weight is 178 g/mol. The molecule has 2 N–H and O–H groups in total. The molecular formula is C10H14N2O. The average Bonchev–Trinajstić information content (AvgIpc) is 2.65. The van der Waals surface area contributed by atoms with Gasteiger partial charge in [-0.3, -0.25) is 0 Å². The van der Waals surface area contributed by atoms with Crippen molar-refractivity contribution in [3.8, 4) is 0 Å². The minimum atomic E-state index is 0.445. The molecule has 0 saturated heterocycles. The standard InChI is InChI=1S/C10H14N2O/c11-9-3-8(12-13-9)6-10-2-1-7(4-10)5-10/h3,7H,1-2,4-6,11H2. The first-order chi connectivity index (χ1) is 6.26. The first kappa shape index (κ1) is 7.42. The van der Waals surface area contributed by atoms with E-state index in [4.69, 9.17) is 10.3 Å². The summed E-state index contributed by atoms with van der Waals surface area (Å²) in [5.74, 6) is 1.46. The molecule has 0 unspecified atom stereocenters. The summed E-state index contributed by atoms with van der Waals surface area (Å²) in [5, 5.41) is 3.95. The maximum atomic E-state index is 5.48. The van der Waals surface area contributed by atoms with Crippen LogP contribution < -0.4 is 5.73 Å². The van der Waals surface area contributed by atoms with Crippen LogP contribution in [0.5, 0.6) is 0 Å². The van der Waals surface area contributed by atoms with Crippen LogP contribution in [0.4, 0.5) is 5.88 Å². The normalized spacial score (nSPS) is 36.2. The summed E-state index contributed by atoms with van der Waals surface area (Å²) in [6, 6.07) is 1.86. The summed E-state index contributed by atoms with van der Waals surface area (Å²) in [7, 11) is 0. The van der Waals surface area contributed by atoms with Crippen LogP contribution in [0.15, 0.2) is 10.6 Å². The second-order valence-electron chi connectivity index (χ2n) is 4.71. The Labute approximate surface area is 77.3 Å². The third-order valence-electron chi connectivity index (χ3n) is 3.66. The molecule has 3 saturated carbocycles. The summed E-state index contributed by atoms with van der Waals surface area (Å²) >= 11 is 0. The molecule has 3 aliphatic carbocycles. The molecule has 0 aromatic carbocycles. The Bertz CT molecular complexity index is 320. The van der Waals surface area contributed by atoms with Crippen molar-refractivity contribution in [3.05, 3.63) is 11.8 Å². The van der Waals surface area contributed by atoms with Gasteiger partial charge >= 0.3 is 0 Å². The number of anilines is 1. The number of nitrogens with zero attached hydrogens (tertiary/aromatic N) is 1. The van der Waals surface area contributed by atoms with E-state index in [1.807, 2.05) is 6.07 Å². The molecule has 1 aromatic heterocycles. The van der Waals surface area contributed by atoms with Gasteiger partial charge in [-0.1, -0.05) is 5.16 Å². The second kappa shape index (κ2) is 2.28. The quantitative estimate of drug-likeness (QED) is 0.753. The van der Waals surface area contributed by atoms with Gasteiger partial charge in [0.1, 0.15) is 0 Å². The van der Waals surface area contributed by atoms with Crippen LogP contribution in [0, 0.1) is 11.3 Å². The maximum Gasteiger partial charge on any atom is 0.222 e. The number of aromatic nitrogens is 1. The third-order valence-corrected chi connectivity index (χ3v) is 3.66. The van der Waals surface area contributed by atoms with Gasteiger partial charge in [-0.2, -0.15) is 0 Å². The van der Waals surface area contributed by atoms with Gasteiger partial charge in [0.05, 0.1) is 5.69 Å². The van der Waals surface area contributed by atoms with Crippen molar-refractivity contribution < 1.29 is 4.52 Å². The Hall–Kier alpha value is -0.990.